The van der Waals surface area contributed by atoms with Gasteiger partial charge in [-0.2, -0.15) is 12.7 Å². The highest BCUT2D eigenvalue weighted by atomic mass is 32.2. The van der Waals surface area contributed by atoms with E-state index in [4.69, 9.17) is 0 Å². The third kappa shape index (κ3) is 6.89. The van der Waals surface area contributed by atoms with Gasteiger partial charge >= 0.3 is 0 Å². The van der Waals surface area contributed by atoms with E-state index in [1.807, 2.05) is 27.9 Å². The van der Waals surface area contributed by atoms with Crippen LogP contribution in [0.3, 0.4) is 0 Å². The molecule has 0 aromatic heterocycles. The summed E-state index contributed by atoms with van der Waals surface area (Å²) in [5, 5.41) is 0. The second kappa shape index (κ2) is 9.90. The van der Waals surface area contributed by atoms with E-state index in [0.29, 0.717) is 19.6 Å². The summed E-state index contributed by atoms with van der Waals surface area (Å²) in [5.41, 5.74) is 2.40. The Morgan fingerprint density at radius 1 is 1.00 bits per heavy atom. The van der Waals surface area contributed by atoms with Crippen LogP contribution < -0.4 is 9.62 Å². The zero-order valence-corrected chi connectivity index (χ0v) is 15.7. The predicted octanol–water partition coefficient (Wildman–Crippen LogP) is 2.64. The van der Waals surface area contributed by atoms with Crippen molar-refractivity contribution < 1.29 is 8.42 Å². The van der Waals surface area contributed by atoms with Crippen molar-refractivity contribution in [1.82, 2.24) is 9.03 Å². The van der Waals surface area contributed by atoms with Gasteiger partial charge in [0.05, 0.1) is 0 Å². The Hall–Kier alpha value is -1.11. The molecule has 5 nitrogen and oxygen atoms in total. The maximum absolute atomic E-state index is 12.3. The largest absolute Gasteiger partial charge is 0.378 e. The first-order chi connectivity index (χ1) is 10.9. The number of benzene rings is 1. The molecule has 0 spiro atoms. The molecule has 1 aromatic rings. The first-order valence-electron chi connectivity index (χ1n) is 8.41. The van der Waals surface area contributed by atoms with Crippen LogP contribution in [0.1, 0.15) is 38.7 Å². The Kier molecular flexibility index (Phi) is 8.58. The van der Waals surface area contributed by atoms with Gasteiger partial charge in [0.25, 0.3) is 10.2 Å². The van der Waals surface area contributed by atoms with Crippen molar-refractivity contribution in [3.63, 3.8) is 0 Å². The molecular weight excluding hydrogens is 310 g/mol. The fourth-order valence-corrected chi connectivity index (χ4v) is 3.83. The summed E-state index contributed by atoms with van der Waals surface area (Å²) in [4.78, 5) is 2.06. The lowest BCUT2D eigenvalue weighted by molar-refractivity contribution is 0.401. The molecule has 0 fully saturated rings. The maximum Gasteiger partial charge on any atom is 0.279 e. The molecule has 0 bridgehead atoms. The van der Waals surface area contributed by atoms with Gasteiger partial charge in [-0.15, -0.1) is 0 Å². The molecule has 0 unspecified atom stereocenters. The molecule has 0 amide bonds. The van der Waals surface area contributed by atoms with Gasteiger partial charge in [-0.3, -0.25) is 0 Å². The highest BCUT2D eigenvalue weighted by molar-refractivity contribution is 7.87. The van der Waals surface area contributed by atoms with E-state index < -0.39 is 10.2 Å². The van der Waals surface area contributed by atoms with Crippen molar-refractivity contribution in [2.24, 2.45) is 0 Å². The van der Waals surface area contributed by atoms with Crippen LogP contribution >= 0.6 is 0 Å². The maximum atomic E-state index is 12.3. The van der Waals surface area contributed by atoms with Gasteiger partial charge in [-0.25, -0.2) is 4.72 Å². The average molecular weight is 342 g/mol. The fourth-order valence-electron chi connectivity index (χ4n) is 2.40. The molecule has 0 aliphatic heterocycles. The van der Waals surface area contributed by atoms with Crippen molar-refractivity contribution in [2.75, 3.05) is 38.6 Å². The fraction of sp³-hybridized carbons (Fsp3) is 0.647. The van der Waals surface area contributed by atoms with Crippen LogP contribution in [0.25, 0.3) is 0 Å². The van der Waals surface area contributed by atoms with Gasteiger partial charge in [0, 0.05) is 39.4 Å². The highest BCUT2D eigenvalue weighted by Crippen LogP contribution is 2.13. The van der Waals surface area contributed by atoms with Gasteiger partial charge in [0.1, 0.15) is 0 Å². The third-order valence-corrected chi connectivity index (χ3v) is 5.28. The minimum Gasteiger partial charge on any atom is -0.378 e. The Morgan fingerprint density at radius 2 is 1.57 bits per heavy atom. The smallest absolute Gasteiger partial charge is 0.279 e. The number of nitrogens with zero attached hydrogens (tertiary/aromatic N) is 2. The van der Waals surface area contributed by atoms with Crippen LogP contribution in [-0.2, 0) is 16.6 Å². The van der Waals surface area contributed by atoms with Crippen LogP contribution in [0.5, 0.6) is 0 Å². The second-order valence-corrected chi connectivity index (χ2v) is 7.72. The van der Waals surface area contributed by atoms with Crippen molar-refractivity contribution in [1.29, 1.82) is 0 Å². The molecule has 132 valence electrons. The summed E-state index contributed by atoms with van der Waals surface area (Å²) in [6.07, 6.45) is 3.34. The summed E-state index contributed by atoms with van der Waals surface area (Å²) in [5.74, 6) is 0. The third-order valence-electron chi connectivity index (χ3n) is 3.67. The molecule has 1 rings (SSSR count). The average Bonchev–Trinajstić information content (AvgIpc) is 2.52. The molecule has 0 saturated heterocycles. The molecular formula is C17H31N3O2S. The van der Waals surface area contributed by atoms with E-state index in [0.717, 1.165) is 25.7 Å². The Bertz CT molecular complexity index is 535. The summed E-state index contributed by atoms with van der Waals surface area (Å²) < 4.78 is 28.8. The SMILES string of the molecule is CCCN(CCC)S(=O)(=O)NCCCc1ccc(N(C)C)cc1. The van der Waals surface area contributed by atoms with Crippen LogP contribution in [-0.4, -0.2) is 46.5 Å². The van der Waals surface area contributed by atoms with Crippen molar-refractivity contribution in [3.05, 3.63) is 29.8 Å². The number of hydrogen-bond acceptors (Lipinski definition) is 3. The standard InChI is InChI=1S/C17H31N3O2S/c1-5-14-20(15-6-2)23(21,22)18-13-7-8-16-9-11-17(12-10-16)19(3)4/h9-12,18H,5-8,13-15H2,1-4H3. The number of hydrogen-bond donors (Lipinski definition) is 1. The Labute approximate surface area is 141 Å². The van der Waals surface area contributed by atoms with Gasteiger partial charge in [-0.1, -0.05) is 26.0 Å². The quantitative estimate of drug-likeness (QED) is 0.630. The van der Waals surface area contributed by atoms with E-state index in [1.165, 1.54) is 11.3 Å². The van der Waals surface area contributed by atoms with Crippen molar-refractivity contribution in [2.45, 2.75) is 39.5 Å². The molecule has 0 aliphatic rings. The molecule has 0 aliphatic carbocycles. The molecule has 23 heavy (non-hydrogen) atoms. The highest BCUT2D eigenvalue weighted by Gasteiger charge is 2.19. The molecule has 1 aromatic carbocycles. The zero-order chi connectivity index (χ0) is 17.3. The number of anilines is 1. The lowest BCUT2D eigenvalue weighted by atomic mass is 10.1. The van der Waals surface area contributed by atoms with Crippen LogP contribution in [0.4, 0.5) is 5.69 Å². The van der Waals surface area contributed by atoms with Gasteiger partial charge < -0.3 is 4.90 Å². The predicted molar refractivity (Wildman–Crippen MR) is 98.2 cm³/mol. The topological polar surface area (TPSA) is 52.7 Å². The Balaban J connectivity index is 2.43. The van der Waals surface area contributed by atoms with E-state index >= 15 is 0 Å². The normalized spacial score (nSPS) is 11.9. The monoisotopic (exact) mass is 341 g/mol. The summed E-state index contributed by atoms with van der Waals surface area (Å²) in [6, 6.07) is 8.38. The van der Waals surface area contributed by atoms with E-state index in [2.05, 4.69) is 33.9 Å². The van der Waals surface area contributed by atoms with E-state index in [1.54, 1.807) is 4.31 Å². The van der Waals surface area contributed by atoms with Crippen molar-refractivity contribution in [3.8, 4) is 0 Å². The lowest BCUT2D eigenvalue weighted by Crippen LogP contribution is -2.42. The van der Waals surface area contributed by atoms with Crippen molar-refractivity contribution >= 4 is 15.9 Å². The molecule has 0 atom stereocenters. The molecule has 0 heterocycles. The number of rotatable bonds is 11. The first-order valence-corrected chi connectivity index (χ1v) is 9.85. The van der Waals surface area contributed by atoms with Gasteiger partial charge in [0.2, 0.25) is 0 Å². The van der Waals surface area contributed by atoms with Crippen LogP contribution in [0.2, 0.25) is 0 Å². The van der Waals surface area contributed by atoms with Gasteiger partial charge in [-0.05, 0) is 43.4 Å². The summed E-state index contributed by atoms with van der Waals surface area (Å²) >= 11 is 0. The summed E-state index contributed by atoms with van der Waals surface area (Å²) in [7, 11) is 0.690. The molecule has 0 radical (unpaired) electrons. The lowest BCUT2D eigenvalue weighted by Gasteiger charge is -2.21. The molecule has 6 heteroatoms. The first kappa shape index (κ1) is 19.9. The minimum atomic E-state index is -3.34. The van der Waals surface area contributed by atoms with Crippen LogP contribution in [0.15, 0.2) is 24.3 Å². The second-order valence-electron chi connectivity index (χ2n) is 5.96. The Morgan fingerprint density at radius 3 is 2.04 bits per heavy atom. The van der Waals surface area contributed by atoms with E-state index in [-0.39, 0.29) is 0 Å². The number of nitrogens with one attached hydrogen (secondary N) is 1. The molecule has 0 saturated carbocycles. The van der Waals surface area contributed by atoms with Gasteiger partial charge in [0.15, 0.2) is 0 Å². The van der Waals surface area contributed by atoms with Crippen LogP contribution in [0, 0.1) is 0 Å². The van der Waals surface area contributed by atoms with E-state index in [9.17, 15) is 8.42 Å². The molecule has 1 N–H and O–H groups in total. The summed E-state index contributed by atoms with van der Waals surface area (Å²) in [6.45, 7) is 5.62. The number of aryl methyl sites for hydroxylation is 1. The zero-order valence-electron chi connectivity index (χ0n) is 14.9. The minimum absolute atomic E-state index is 0.474.